The number of carbonyl (C=O) groups excluding carboxylic acids is 1. The molecule has 1 aromatic carbocycles. The summed E-state index contributed by atoms with van der Waals surface area (Å²) in [6.07, 6.45) is 0.0196. The van der Waals surface area contributed by atoms with Gasteiger partial charge < -0.3 is 19.6 Å². The van der Waals surface area contributed by atoms with Gasteiger partial charge in [-0.2, -0.15) is 0 Å². The molecule has 1 saturated heterocycles. The van der Waals surface area contributed by atoms with Crippen LogP contribution < -0.4 is 10.3 Å². The Balaban J connectivity index is 2.02. The van der Waals surface area contributed by atoms with Crippen molar-refractivity contribution in [1.29, 1.82) is 0 Å². The third-order valence-corrected chi connectivity index (χ3v) is 5.32. The number of aromatic nitrogens is 1. The molecule has 1 aromatic heterocycles. The monoisotopic (exact) mass is 402 g/mol. The summed E-state index contributed by atoms with van der Waals surface area (Å²) >= 11 is 0. The molecule has 2 atom stereocenters. The molecule has 0 saturated carbocycles. The molecule has 0 amide bonds. The molecule has 7 nitrogen and oxygen atoms in total. The number of benzene rings is 1. The molecule has 29 heavy (non-hydrogen) atoms. The van der Waals surface area contributed by atoms with Gasteiger partial charge in [-0.3, -0.25) is 14.5 Å². The molecule has 0 spiro atoms. The number of hydrogen-bond donors (Lipinski definition) is 2. The molecule has 0 bridgehead atoms. The Kier molecular flexibility index (Phi) is 6.41. The minimum atomic E-state index is -0.751. The second kappa shape index (κ2) is 8.65. The molecule has 158 valence electrons. The maximum absolute atomic E-state index is 12.4. The summed E-state index contributed by atoms with van der Waals surface area (Å²) in [7, 11) is 0. The van der Waals surface area contributed by atoms with Gasteiger partial charge >= 0.3 is 5.97 Å². The molecule has 0 aliphatic carbocycles. The summed E-state index contributed by atoms with van der Waals surface area (Å²) in [5.41, 5.74) is 0.148. The van der Waals surface area contributed by atoms with E-state index in [4.69, 9.17) is 9.47 Å². The first-order valence-corrected chi connectivity index (χ1v) is 10.1. The third kappa shape index (κ3) is 4.69. The Morgan fingerprint density at radius 1 is 1.24 bits per heavy atom. The van der Waals surface area contributed by atoms with Crippen LogP contribution in [0.25, 0.3) is 10.9 Å². The number of nitrogens with zero attached hydrogens (tertiary/aromatic N) is 1. The zero-order valence-electron chi connectivity index (χ0n) is 17.5. The number of rotatable bonds is 5. The average molecular weight is 402 g/mol. The number of aromatic amines is 1. The van der Waals surface area contributed by atoms with E-state index in [0.717, 1.165) is 19.5 Å². The topological polar surface area (TPSA) is 91.9 Å². The fourth-order valence-electron chi connectivity index (χ4n) is 3.64. The number of carbonyl (C=O) groups is 1. The van der Waals surface area contributed by atoms with E-state index >= 15 is 0 Å². The van der Waals surface area contributed by atoms with Gasteiger partial charge in [-0.1, -0.05) is 13.0 Å². The first kappa shape index (κ1) is 21.5. The molecule has 1 aliphatic rings. The first-order chi connectivity index (χ1) is 13.7. The summed E-state index contributed by atoms with van der Waals surface area (Å²) in [5.74, 6) is -0.107. The second-order valence-electron chi connectivity index (χ2n) is 8.47. The predicted octanol–water partition coefficient (Wildman–Crippen LogP) is 2.62. The van der Waals surface area contributed by atoms with E-state index in [2.05, 4.69) is 9.88 Å². The van der Waals surface area contributed by atoms with Crippen LogP contribution in [0.2, 0.25) is 0 Å². The number of morpholine rings is 1. The lowest BCUT2D eigenvalue weighted by molar-refractivity contribution is -0.142. The average Bonchev–Trinajstić information content (AvgIpc) is 2.68. The quantitative estimate of drug-likeness (QED) is 0.590. The largest absolute Gasteiger partial charge is 0.424 e. The van der Waals surface area contributed by atoms with Gasteiger partial charge in [-0.25, -0.2) is 0 Å². The van der Waals surface area contributed by atoms with Gasteiger partial charge in [-0.05, 0) is 44.9 Å². The van der Waals surface area contributed by atoms with Crippen LogP contribution in [-0.4, -0.2) is 53.3 Å². The zero-order valence-corrected chi connectivity index (χ0v) is 17.5. The van der Waals surface area contributed by atoms with Crippen LogP contribution in [0.4, 0.5) is 0 Å². The predicted molar refractivity (Wildman–Crippen MR) is 111 cm³/mol. The van der Waals surface area contributed by atoms with Gasteiger partial charge in [0.25, 0.3) is 0 Å². The van der Waals surface area contributed by atoms with Crippen molar-refractivity contribution >= 4 is 16.9 Å². The third-order valence-electron chi connectivity index (χ3n) is 5.32. The lowest BCUT2D eigenvalue weighted by Gasteiger charge is -2.37. The van der Waals surface area contributed by atoms with Crippen molar-refractivity contribution in [2.24, 2.45) is 5.41 Å². The van der Waals surface area contributed by atoms with E-state index in [0.29, 0.717) is 29.7 Å². The van der Waals surface area contributed by atoms with E-state index in [1.807, 2.05) is 6.92 Å². The Hall–Kier alpha value is -2.22. The number of esters is 1. The van der Waals surface area contributed by atoms with Gasteiger partial charge in [0.1, 0.15) is 0 Å². The minimum Gasteiger partial charge on any atom is -0.424 e. The van der Waals surface area contributed by atoms with Gasteiger partial charge in [0.2, 0.25) is 5.56 Å². The van der Waals surface area contributed by atoms with E-state index < -0.39 is 17.5 Å². The van der Waals surface area contributed by atoms with Crippen LogP contribution in [-0.2, 0) is 9.53 Å². The van der Waals surface area contributed by atoms with Crippen LogP contribution in [0.3, 0.4) is 0 Å². The molecule has 3 rings (SSSR count). The standard InChI is InChI=1S/C22H30N2O5/c1-5-16(24-10-12-28-13-11-24)20(26)15-6-8-17(29-21(27)22(2,3)4)19-14(15)7-9-18(25)23-19/h6-9,16,20,26H,5,10-13H2,1-4H3,(H,23,25). The number of aliphatic hydroxyl groups is 1. The molecule has 2 aromatic rings. The summed E-state index contributed by atoms with van der Waals surface area (Å²) in [5, 5.41) is 11.9. The molecule has 1 aliphatic heterocycles. The highest BCUT2D eigenvalue weighted by molar-refractivity contribution is 5.90. The number of hydrogen-bond acceptors (Lipinski definition) is 6. The number of nitrogens with one attached hydrogen (secondary N) is 1. The van der Waals surface area contributed by atoms with Crippen molar-refractivity contribution in [2.75, 3.05) is 26.3 Å². The van der Waals surface area contributed by atoms with Crippen molar-refractivity contribution in [3.8, 4) is 5.75 Å². The Morgan fingerprint density at radius 2 is 1.93 bits per heavy atom. The summed E-state index contributed by atoms with van der Waals surface area (Å²) in [6, 6.07) is 6.44. The minimum absolute atomic E-state index is 0.0722. The van der Waals surface area contributed by atoms with Crippen LogP contribution in [0, 0.1) is 5.41 Å². The number of aliphatic hydroxyl groups excluding tert-OH is 1. The van der Waals surface area contributed by atoms with Crippen LogP contribution in [0.15, 0.2) is 29.1 Å². The van der Waals surface area contributed by atoms with Gasteiger partial charge in [0.15, 0.2) is 5.75 Å². The van der Waals surface area contributed by atoms with Crippen LogP contribution in [0.1, 0.15) is 45.8 Å². The molecule has 2 unspecified atom stereocenters. The van der Waals surface area contributed by atoms with Gasteiger partial charge in [0.05, 0.1) is 30.2 Å². The van der Waals surface area contributed by atoms with Crippen molar-refractivity contribution in [2.45, 2.75) is 46.3 Å². The smallest absolute Gasteiger partial charge is 0.316 e. The summed E-state index contributed by atoms with van der Waals surface area (Å²) in [4.78, 5) is 29.3. The lowest BCUT2D eigenvalue weighted by atomic mass is 9.94. The van der Waals surface area contributed by atoms with Crippen molar-refractivity contribution < 1.29 is 19.4 Å². The fourth-order valence-corrected chi connectivity index (χ4v) is 3.64. The van der Waals surface area contributed by atoms with E-state index in [1.54, 1.807) is 39.0 Å². The summed E-state index contributed by atoms with van der Waals surface area (Å²) in [6.45, 7) is 10.2. The summed E-state index contributed by atoms with van der Waals surface area (Å²) < 4.78 is 11.0. The highest BCUT2D eigenvalue weighted by Gasteiger charge is 2.30. The number of ether oxygens (including phenoxy) is 2. The van der Waals surface area contributed by atoms with Gasteiger partial charge in [0, 0.05) is 30.6 Å². The molecule has 7 heteroatoms. The SMILES string of the molecule is CCC(C(O)c1ccc(OC(=O)C(C)(C)C)c2[nH]c(=O)ccc12)N1CCOCC1. The zero-order chi connectivity index (χ0) is 21.2. The van der Waals surface area contributed by atoms with Crippen LogP contribution in [0.5, 0.6) is 5.75 Å². The Bertz CT molecular complexity index is 925. The lowest BCUT2D eigenvalue weighted by Crippen LogP contribution is -2.46. The highest BCUT2D eigenvalue weighted by atomic mass is 16.5. The maximum atomic E-state index is 12.4. The normalized spacial score (nSPS) is 17.8. The molecule has 2 N–H and O–H groups in total. The van der Waals surface area contributed by atoms with Gasteiger partial charge in [-0.15, -0.1) is 0 Å². The Morgan fingerprint density at radius 3 is 2.55 bits per heavy atom. The molecule has 0 radical (unpaired) electrons. The fraction of sp³-hybridized carbons (Fsp3) is 0.545. The Labute approximate surface area is 170 Å². The molecular formula is C22H30N2O5. The van der Waals surface area contributed by atoms with E-state index in [9.17, 15) is 14.7 Å². The van der Waals surface area contributed by atoms with Crippen molar-refractivity contribution in [3.05, 3.63) is 40.2 Å². The maximum Gasteiger partial charge on any atom is 0.316 e. The second-order valence-corrected chi connectivity index (χ2v) is 8.47. The van der Waals surface area contributed by atoms with E-state index in [1.165, 1.54) is 6.07 Å². The van der Waals surface area contributed by atoms with Crippen molar-refractivity contribution in [1.82, 2.24) is 9.88 Å². The molecule has 2 heterocycles. The van der Waals surface area contributed by atoms with E-state index in [-0.39, 0.29) is 17.4 Å². The molecule has 1 fully saturated rings. The van der Waals surface area contributed by atoms with Crippen molar-refractivity contribution in [3.63, 3.8) is 0 Å². The first-order valence-electron chi connectivity index (χ1n) is 10.1. The number of H-pyrrole nitrogens is 1. The highest BCUT2D eigenvalue weighted by Crippen LogP contribution is 2.34. The van der Waals surface area contributed by atoms with Crippen LogP contribution >= 0.6 is 0 Å². The number of pyridine rings is 1. The molecular weight excluding hydrogens is 372 g/mol. The number of fused-ring (bicyclic) bond motifs is 1.